The molecule has 0 atom stereocenters. The van der Waals surface area contributed by atoms with Crippen LogP contribution in [0.4, 0.5) is 0 Å². The van der Waals surface area contributed by atoms with Crippen LogP contribution < -0.4 is 5.73 Å². The van der Waals surface area contributed by atoms with Crippen molar-refractivity contribution in [1.29, 1.82) is 0 Å². The van der Waals surface area contributed by atoms with Gasteiger partial charge in [0.05, 0.1) is 10.7 Å². The topological polar surface area (TPSA) is 38.9 Å². The van der Waals surface area contributed by atoms with E-state index >= 15 is 0 Å². The summed E-state index contributed by atoms with van der Waals surface area (Å²) in [6, 6.07) is 3.44. The van der Waals surface area contributed by atoms with Gasteiger partial charge in [0.1, 0.15) is 5.15 Å². The quantitative estimate of drug-likeness (QED) is 0.646. The van der Waals surface area contributed by atoms with Gasteiger partial charge in [0, 0.05) is 18.1 Å². The van der Waals surface area contributed by atoms with E-state index < -0.39 is 0 Å². The van der Waals surface area contributed by atoms with Crippen LogP contribution in [-0.4, -0.2) is 17.3 Å². The minimum Gasteiger partial charge on any atom is -0.330 e. The molecule has 0 aliphatic carbocycles. The summed E-state index contributed by atoms with van der Waals surface area (Å²) in [5.74, 6) is 1.67. The molecule has 0 radical (unpaired) electrons. The van der Waals surface area contributed by atoms with Crippen LogP contribution in [0.15, 0.2) is 12.1 Å². The van der Waals surface area contributed by atoms with Crippen molar-refractivity contribution in [2.45, 2.75) is 5.75 Å². The van der Waals surface area contributed by atoms with Crippen molar-refractivity contribution in [3.63, 3.8) is 0 Å². The van der Waals surface area contributed by atoms with Gasteiger partial charge in [-0.1, -0.05) is 23.2 Å². The highest BCUT2D eigenvalue weighted by atomic mass is 35.5. The van der Waals surface area contributed by atoms with E-state index in [1.165, 1.54) is 0 Å². The molecule has 2 nitrogen and oxygen atoms in total. The van der Waals surface area contributed by atoms with Gasteiger partial charge in [0.25, 0.3) is 0 Å². The molecule has 0 aliphatic heterocycles. The van der Waals surface area contributed by atoms with Crippen LogP contribution in [-0.2, 0) is 5.75 Å². The molecule has 0 saturated carbocycles. The molecule has 1 rings (SSSR count). The lowest BCUT2D eigenvalue weighted by molar-refractivity contribution is 1.13. The monoisotopic (exact) mass is 236 g/mol. The van der Waals surface area contributed by atoms with E-state index in [-0.39, 0.29) is 0 Å². The number of nitrogens with two attached hydrogens (primary N) is 1. The summed E-state index contributed by atoms with van der Waals surface area (Å²) in [5, 5.41) is 1.14. The van der Waals surface area contributed by atoms with E-state index in [1.807, 2.05) is 0 Å². The van der Waals surface area contributed by atoms with Crippen molar-refractivity contribution in [1.82, 2.24) is 4.98 Å². The van der Waals surface area contributed by atoms with Crippen molar-refractivity contribution < 1.29 is 0 Å². The van der Waals surface area contributed by atoms with Crippen LogP contribution in [0.25, 0.3) is 0 Å². The summed E-state index contributed by atoms with van der Waals surface area (Å²) in [6.45, 7) is 0.669. The smallest absolute Gasteiger partial charge is 0.129 e. The van der Waals surface area contributed by atoms with Gasteiger partial charge in [-0.25, -0.2) is 4.98 Å². The normalized spacial score (nSPS) is 10.4. The highest BCUT2D eigenvalue weighted by Gasteiger charge is 2.02. The molecule has 0 bridgehead atoms. The Bertz CT molecular complexity index is 281. The third kappa shape index (κ3) is 3.73. The molecule has 13 heavy (non-hydrogen) atoms. The number of hydrogen-bond acceptors (Lipinski definition) is 3. The third-order valence-electron chi connectivity index (χ3n) is 1.39. The number of rotatable bonds is 4. The average molecular weight is 237 g/mol. The predicted molar refractivity (Wildman–Crippen MR) is 59.5 cm³/mol. The van der Waals surface area contributed by atoms with Gasteiger partial charge in [-0.2, -0.15) is 11.8 Å². The van der Waals surface area contributed by atoms with Gasteiger partial charge in [-0.05, 0) is 12.1 Å². The Hall–Kier alpha value is 0.0400. The van der Waals surface area contributed by atoms with E-state index in [0.717, 1.165) is 17.2 Å². The summed E-state index contributed by atoms with van der Waals surface area (Å²) in [7, 11) is 0. The molecule has 0 spiro atoms. The maximum Gasteiger partial charge on any atom is 0.129 e. The fourth-order valence-corrected chi connectivity index (χ4v) is 1.95. The molecule has 0 aliphatic rings. The van der Waals surface area contributed by atoms with Gasteiger partial charge in [-0.15, -0.1) is 0 Å². The van der Waals surface area contributed by atoms with Gasteiger partial charge >= 0.3 is 0 Å². The fraction of sp³-hybridized carbons (Fsp3) is 0.375. The molecule has 72 valence electrons. The second-order valence-electron chi connectivity index (χ2n) is 2.40. The zero-order valence-electron chi connectivity index (χ0n) is 6.96. The Morgan fingerprint density at radius 1 is 1.38 bits per heavy atom. The maximum absolute atomic E-state index is 5.91. The minimum atomic E-state index is 0.479. The fourth-order valence-electron chi connectivity index (χ4n) is 0.811. The number of halogens is 2. The number of nitrogens with zero attached hydrogens (tertiary/aromatic N) is 1. The molecular formula is C8H10Cl2N2S. The molecule has 0 saturated heterocycles. The number of thioether (sulfide) groups is 1. The summed E-state index contributed by atoms with van der Waals surface area (Å²) < 4.78 is 0. The minimum absolute atomic E-state index is 0.479. The van der Waals surface area contributed by atoms with Crippen molar-refractivity contribution in [3.05, 3.63) is 28.0 Å². The van der Waals surface area contributed by atoms with Crippen molar-refractivity contribution >= 4 is 35.0 Å². The second-order valence-corrected chi connectivity index (χ2v) is 4.30. The Balaban J connectivity index is 2.59. The highest BCUT2D eigenvalue weighted by molar-refractivity contribution is 7.98. The summed E-state index contributed by atoms with van der Waals surface area (Å²) in [5.41, 5.74) is 6.19. The van der Waals surface area contributed by atoms with Crippen molar-refractivity contribution in [2.24, 2.45) is 5.73 Å². The van der Waals surface area contributed by atoms with E-state index in [9.17, 15) is 0 Å². The maximum atomic E-state index is 5.91. The van der Waals surface area contributed by atoms with Gasteiger partial charge < -0.3 is 5.73 Å². The van der Waals surface area contributed by atoms with Crippen LogP contribution in [0.5, 0.6) is 0 Å². The second kappa shape index (κ2) is 5.70. The molecular weight excluding hydrogens is 227 g/mol. The Morgan fingerprint density at radius 3 is 2.85 bits per heavy atom. The first-order valence-electron chi connectivity index (χ1n) is 3.83. The zero-order chi connectivity index (χ0) is 9.68. The molecule has 2 N–H and O–H groups in total. The van der Waals surface area contributed by atoms with Crippen LogP contribution in [0.2, 0.25) is 10.2 Å². The van der Waals surface area contributed by atoms with Gasteiger partial charge in [0.2, 0.25) is 0 Å². The lowest BCUT2D eigenvalue weighted by atomic mass is 10.4. The van der Waals surface area contributed by atoms with Crippen LogP contribution >= 0.6 is 35.0 Å². The molecule has 1 aromatic rings. The lowest BCUT2D eigenvalue weighted by Crippen LogP contribution is -2.01. The van der Waals surface area contributed by atoms with E-state index in [4.69, 9.17) is 28.9 Å². The lowest BCUT2D eigenvalue weighted by Gasteiger charge is -2.02. The van der Waals surface area contributed by atoms with Gasteiger partial charge in [0.15, 0.2) is 0 Å². The Morgan fingerprint density at radius 2 is 2.15 bits per heavy atom. The van der Waals surface area contributed by atoms with E-state index in [2.05, 4.69) is 4.98 Å². The Kier molecular flexibility index (Phi) is 4.88. The van der Waals surface area contributed by atoms with E-state index in [0.29, 0.717) is 16.7 Å². The summed E-state index contributed by atoms with van der Waals surface area (Å²) >= 11 is 13.3. The largest absolute Gasteiger partial charge is 0.330 e. The standard InChI is InChI=1S/C8H10Cl2N2S/c9-6-1-2-8(10)12-7(6)5-13-4-3-11/h1-2H,3-5,11H2. The molecule has 1 aromatic heterocycles. The zero-order valence-corrected chi connectivity index (χ0v) is 9.29. The summed E-state index contributed by atoms with van der Waals surface area (Å²) in [6.07, 6.45) is 0. The molecule has 0 amide bonds. The first-order valence-corrected chi connectivity index (χ1v) is 5.74. The average Bonchev–Trinajstić information content (AvgIpc) is 2.11. The molecule has 0 fully saturated rings. The van der Waals surface area contributed by atoms with Crippen LogP contribution in [0.1, 0.15) is 5.69 Å². The molecule has 1 heterocycles. The molecule has 0 aromatic carbocycles. The SMILES string of the molecule is NCCSCc1nc(Cl)ccc1Cl. The Labute approximate surface area is 91.8 Å². The molecule has 5 heteroatoms. The third-order valence-corrected chi connectivity index (χ3v) is 2.94. The molecule has 0 unspecified atom stereocenters. The first-order chi connectivity index (χ1) is 6.24. The first kappa shape index (κ1) is 11.1. The van der Waals surface area contributed by atoms with Gasteiger partial charge in [-0.3, -0.25) is 0 Å². The van der Waals surface area contributed by atoms with E-state index in [1.54, 1.807) is 23.9 Å². The number of hydrogen-bond donors (Lipinski definition) is 1. The van der Waals surface area contributed by atoms with Crippen molar-refractivity contribution in [2.75, 3.05) is 12.3 Å². The number of aromatic nitrogens is 1. The van der Waals surface area contributed by atoms with Crippen LogP contribution in [0, 0.1) is 0 Å². The number of pyridine rings is 1. The van der Waals surface area contributed by atoms with Crippen molar-refractivity contribution in [3.8, 4) is 0 Å². The highest BCUT2D eigenvalue weighted by Crippen LogP contribution is 2.20. The summed E-state index contributed by atoms with van der Waals surface area (Å²) in [4.78, 5) is 4.12. The predicted octanol–water partition coefficient (Wildman–Crippen LogP) is 2.58. The van der Waals surface area contributed by atoms with Crippen LogP contribution in [0.3, 0.4) is 0 Å².